The molecule has 1 fully saturated rings. The van der Waals surface area contributed by atoms with Crippen LogP contribution in [-0.2, 0) is 11.2 Å². The third-order valence-corrected chi connectivity index (χ3v) is 3.85. The first-order valence-electron chi connectivity index (χ1n) is 6.69. The molecule has 2 atom stereocenters. The fourth-order valence-corrected chi connectivity index (χ4v) is 2.93. The van der Waals surface area contributed by atoms with Gasteiger partial charge in [0, 0.05) is 24.5 Å². The maximum absolute atomic E-state index is 5.80. The molecule has 1 aliphatic rings. The first-order chi connectivity index (χ1) is 8.30. The summed E-state index contributed by atoms with van der Waals surface area (Å²) >= 11 is 0. The van der Waals surface area contributed by atoms with Crippen LogP contribution >= 0.6 is 0 Å². The van der Waals surface area contributed by atoms with Crippen LogP contribution in [0.1, 0.15) is 39.7 Å². The second-order valence-corrected chi connectivity index (χ2v) is 6.81. The Morgan fingerprint density at radius 3 is 2.33 bits per heavy atom. The van der Waals surface area contributed by atoms with E-state index >= 15 is 0 Å². The predicted molar refractivity (Wildman–Crippen MR) is 75.5 cm³/mol. The zero-order chi connectivity index (χ0) is 13.4. The van der Waals surface area contributed by atoms with Crippen molar-refractivity contribution in [3.05, 3.63) is 35.9 Å². The van der Waals surface area contributed by atoms with Crippen LogP contribution in [0.2, 0.25) is 0 Å². The lowest BCUT2D eigenvalue weighted by Crippen LogP contribution is -2.49. The van der Waals surface area contributed by atoms with Crippen molar-refractivity contribution in [3.8, 4) is 0 Å². The second-order valence-electron chi connectivity index (χ2n) is 6.81. The Labute approximate surface area is 111 Å². The highest BCUT2D eigenvalue weighted by molar-refractivity contribution is 5.24. The number of methoxy groups -OCH3 is 1. The molecule has 2 unspecified atom stereocenters. The van der Waals surface area contributed by atoms with Gasteiger partial charge in [-0.25, -0.2) is 0 Å². The monoisotopic (exact) mass is 247 g/mol. The molecule has 0 spiro atoms. The molecule has 0 amide bonds. The zero-order valence-corrected chi connectivity index (χ0v) is 12.2. The topological polar surface area (TPSA) is 21.3 Å². The molecule has 0 heterocycles. The third-order valence-electron chi connectivity index (χ3n) is 3.85. The predicted octanol–water partition coefficient (Wildman–Crippen LogP) is 3.37. The van der Waals surface area contributed by atoms with E-state index in [1.165, 1.54) is 5.56 Å². The van der Waals surface area contributed by atoms with Crippen molar-refractivity contribution in [2.24, 2.45) is 5.41 Å². The van der Waals surface area contributed by atoms with Crippen LogP contribution in [0.3, 0.4) is 0 Å². The average Bonchev–Trinajstić information content (AvgIpc) is 2.82. The molecular weight excluding hydrogens is 222 g/mol. The smallest absolute Gasteiger partial charge is 0.125 e. The van der Waals surface area contributed by atoms with Crippen molar-refractivity contribution in [2.75, 3.05) is 7.11 Å². The highest BCUT2D eigenvalue weighted by Gasteiger charge is 2.65. The summed E-state index contributed by atoms with van der Waals surface area (Å²) in [5, 5.41) is 3.64. The molecule has 0 aromatic heterocycles. The summed E-state index contributed by atoms with van der Waals surface area (Å²) in [6, 6.07) is 10.7. The highest BCUT2D eigenvalue weighted by atomic mass is 16.5. The van der Waals surface area contributed by atoms with Gasteiger partial charge in [0.25, 0.3) is 0 Å². The van der Waals surface area contributed by atoms with Crippen LogP contribution in [0, 0.1) is 5.41 Å². The molecule has 1 saturated carbocycles. The molecule has 0 radical (unpaired) electrons. The van der Waals surface area contributed by atoms with Gasteiger partial charge in [-0.1, -0.05) is 37.3 Å². The van der Waals surface area contributed by atoms with Gasteiger partial charge in [-0.3, -0.25) is 5.32 Å². The van der Waals surface area contributed by atoms with E-state index < -0.39 is 0 Å². The first kappa shape index (κ1) is 13.6. The number of benzene rings is 1. The van der Waals surface area contributed by atoms with E-state index in [9.17, 15) is 0 Å². The standard InChI is InChI=1S/C16H25NO/c1-14(2,3)17-16(18-5)12-15(16,4)11-13-9-7-6-8-10-13/h6-10,17H,11-12H2,1-5H3. The van der Waals surface area contributed by atoms with E-state index in [-0.39, 0.29) is 16.7 Å². The molecule has 1 aromatic carbocycles. The summed E-state index contributed by atoms with van der Waals surface area (Å²) in [5.41, 5.74) is 1.48. The van der Waals surface area contributed by atoms with Crippen LogP contribution in [0.5, 0.6) is 0 Å². The molecule has 2 heteroatoms. The SMILES string of the molecule is COC1(NC(C)(C)C)CC1(C)Cc1ccccc1. The molecule has 2 rings (SSSR count). The van der Waals surface area contributed by atoms with Crippen LogP contribution in [0.15, 0.2) is 30.3 Å². The van der Waals surface area contributed by atoms with E-state index in [0.717, 1.165) is 12.8 Å². The Morgan fingerprint density at radius 2 is 1.83 bits per heavy atom. The van der Waals surface area contributed by atoms with E-state index in [1.54, 1.807) is 0 Å². The lowest BCUT2D eigenvalue weighted by Gasteiger charge is -2.31. The number of rotatable bonds is 4. The Morgan fingerprint density at radius 1 is 1.22 bits per heavy atom. The second kappa shape index (κ2) is 4.36. The van der Waals surface area contributed by atoms with Crippen molar-refractivity contribution in [3.63, 3.8) is 0 Å². The molecule has 0 bridgehead atoms. The van der Waals surface area contributed by atoms with Crippen LogP contribution in [0.25, 0.3) is 0 Å². The van der Waals surface area contributed by atoms with Gasteiger partial charge in [-0.15, -0.1) is 0 Å². The fraction of sp³-hybridized carbons (Fsp3) is 0.625. The fourth-order valence-electron chi connectivity index (χ4n) is 2.93. The van der Waals surface area contributed by atoms with Gasteiger partial charge in [-0.2, -0.15) is 0 Å². The summed E-state index contributed by atoms with van der Waals surface area (Å²) in [6.07, 6.45) is 2.13. The van der Waals surface area contributed by atoms with Crippen molar-refractivity contribution in [2.45, 2.75) is 51.8 Å². The molecule has 2 nitrogen and oxygen atoms in total. The first-order valence-corrected chi connectivity index (χ1v) is 6.69. The minimum absolute atomic E-state index is 0.0739. The third kappa shape index (κ3) is 2.60. The molecule has 0 aliphatic heterocycles. The summed E-state index contributed by atoms with van der Waals surface area (Å²) < 4.78 is 5.80. The minimum Gasteiger partial charge on any atom is -0.363 e. The quantitative estimate of drug-likeness (QED) is 0.824. The normalized spacial score (nSPS) is 31.4. The zero-order valence-electron chi connectivity index (χ0n) is 12.2. The molecule has 0 saturated heterocycles. The van der Waals surface area contributed by atoms with Gasteiger partial charge in [0.1, 0.15) is 5.72 Å². The number of ether oxygens (including phenoxy) is 1. The van der Waals surface area contributed by atoms with Crippen molar-refractivity contribution in [1.82, 2.24) is 5.32 Å². The van der Waals surface area contributed by atoms with Gasteiger partial charge >= 0.3 is 0 Å². The molecule has 1 aliphatic carbocycles. The molecule has 1 N–H and O–H groups in total. The minimum atomic E-state index is -0.166. The largest absolute Gasteiger partial charge is 0.363 e. The van der Waals surface area contributed by atoms with Crippen molar-refractivity contribution >= 4 is 0 Å². The number of hydrogen-bond acceptors (Lipinski definition) is 2. The Balaban J connectivity index is 2.10. The molecular formula is C16H25NO. The molecule has 18 heavy (non-hydrogen) atoms. The van der Waals surface area contributed by atoms with Crippen LogP contribution < -0.4 is 5.32 Å². The van der Waals surface area contributed by atoms with E-state index in [2.05, 4.69) is 63.3 Å². The van der Waals surface area contributed by atoms with Gasteiger partial charge in [-0.05, 0) is 32.8 Å². The van der Waals surface area contributed by atoms with Crippen LogP contribution in [0.4, 0.5) is 0 Å². The van der Waals surface area contributed by atoms with Gasteiger partial charge in [0.2, 0.25) is 0 Å². The average molecular weight is 247 g/mol. The Hall–Kier alpha value is -0.860. The number of nitrogens with one attached hydrogen (secondary N) is 1. The van der Waals surface area contributed by atoms with Gasteiger partial charge in [0.15, 0.2) is 0 Å². The van der Waals surface area contributed by atoms with E-state index in [0.29, 0.717) is 0 Å². The highest BCUT2D eigenvalue weighted by Crippen LogP contribution is 2.59. The van der Waals surface area contributed by atoms with Crippen LogP contribution in [-0.4, -0.2) is 18.4 Å². The van der Waals surface area contributed by atoms with Crippen molar-refractivity contribution in [1.29, 1.82) is 0 Å². The maximum Gasteiger partial charge on any atom is 0.125 e. The van der Waals surface area contributed by atoms with Gasteiger partial charge < -0.3 is 4.74 Å². The van der Waals surface area contributed by atoms with Gasteiger partial charge in [0.05, 0.1) is 0 Å². The molecule has 100 valence electrons. The Kier molecular flexibility index (Phi) is 3.28. The molecule has 1 aromatic rings. The summed E-state index contributed by atoms with van der Waals surface area (Å²) in [6.45, 7) is 8.88. The summed E-state index contributed by atoms with van der Waals surface area (Å²) in [7, 11) is 1.81. The van der Waals surface area contributed by atoms with E-state index in [1.807, 2.05) is 7.11 Å². The Bertz CT molecular complexity index is 409. The number of hydrogen-bond donors (Lipinski definition) is 1. The van der Waals surface area contributed by atoms with E-state index in [4.69, 9.17) is 4.74 Å². The lowest BCUT2D eigenvalue weighted by atomic mass is 9.96. The maximum atomic E-state index is 5.80. The van der Waals surface area contributed by atoms with Crippen molar-refractivity contribution < 1.29 is 4.74 Å². The lowest BCUT2D eigenvalue weighted by molar-refractivity contribution is -0.00345. The summed E-state index contributed by atoms with van der Waals surface area (Å²) in [5.74, 6) is 0. The summed E-state index contributed by atoms with van der Waals surface area (Å²) in [4.78, 5) is 0.